The second-order valence-electron chi connectivity index (χ2n) is 4.46. The summed E-state index contributed by atoms with van der Waals surface area (Å²) in [6.07, 6.45) is -5.04. The van der Waals surface area contributed by atoms with Crippen LogP contribution in [-0.2, 0) is 11.5 Å². The molecule has 0 bridgehead atoms. The molecule has 9 heteroatoms. The van der Waals surface area contributed by atoms with Gasteiger partial charge in [0, 0.05) is 10.9 Å². The molecule has 0 aliphatic carbocycles. The van der Waals surface area contributed by atoms with Crippen LogP contribution in [0.25, 0.3) is 11.1 Å². The van der Waals surface area contributed by atoms with E-state index in [1.165, 1.54) is 0 Å². The molecule has 0 amide bonds. The second kappa shape index (κ2) is 6.10. The van der Waals surface area contributed by atoms with Gasteiger partial charge in [-0.05, 0) is 17.7 Å². The molecule has 0 unspecified atom stereocenters. The molecule has 0 fully saturated rings. The van der Waals surface area contributed by atoms with Crippen molar-refractivity contribution in [2.45, 2.75) is 11.5 Å². The summed E-state index contributed by atoms with van der Waals surface area (Å²) in [6.45, 7) is 0. The van der Waals surface area contributed by atoms with Crippen molar-refractivity contribution in [1.29, 1.82) is 0 Å². The monoisotopic (exact) mass is 404 g/mol. The summed E-state index contributed by atoms with van der Waals surface area (Å²) in [5.41, 5.74) is -4.08. The van der Waals surface area contributed by atoms with Gasteiger partial charge < -0.3 is 0 Å². The van der Waals surface area contributed by atoms with Crippen LogP contribution in [0.15, 0.2) is 18.2 Å². The van der Waals surface area contributed by atoms with E-state index in [0.717, 1.165) is 12.1 Å². The number of rotatable bonds is 2. The minimum absolute atomic E-state index is 0.0214. The normalized spacial score (nSPS) is 11.9. The van der Waals surface area contributed by atoms with E-state index < -0.39 is 52.0 Å². The van der Waals surface area contributed by atoms with Crippen LogP contribution in [0.5, 0.6) is 0 Å². The SMILES string of the molecule is Fc1c(F)c(F)c(-c2cc(CBr)ccc2C(F)(F)F)c(F)c1F. The fourth-order valence-corrected chi connectivity index (χ4v) is 2.32. The van der Waals surface area contributed by atoms with Crippen molar-refractivity contribution < 1.29 is 35.1 Å². The Hall–Kier alpha value is -1.64. The van der Waals surface area contributed by atoms with Crippen molar-refractivity contribution in [1.82, 2.24) is 0 Å². The molecule has 0 N–H and O–H groups in total. The Labute approximate surface area is 132 Å². The minimum atomic E-state index is -5.04. The van der Waals surface area contributed by atoms with E-state index in [2.05, 4.69) is 15.9 Å². The third kappa shape index (κ3) is 3.06. The van der Waals surface area contributed by atoms with Crippen LogP contribution < -0.4 is 0 Å². The summed E-state index contributed by atoms with van der Waals surface area (Å²) in [5, 5.41) is 0.0214. The average Bonchev–Trinajstić information content (AvgIpc) is 2.50. The summed E-state index contributed by atoms with van der Waals surface area (Å²) in [7, 11) is 0. The Bertz CT molecular complexity index is 737. The third-order valence-electron chi connectivity index (χ3n) is 3.02. The van der Waals surface area contributed by atoms with Gasteiger partial charge in [0.25, 0.3) is 0 Å². The average molecular weight is 405 g/mol. The Morgan fingerprint density at radius 3 is 1.70 bits per heavy atom. The summed E-state index contributed by atoms with van der Waals surface area (Å²) in [5.74, 6) is -11.7. The summed E-state index contributed by atoms with van der Waals surface area (Å²) >= 11 is 2.94. The molecule has 0 aliphatic heterocycles. The number of alkyl halides is 4. The van der Waals surface area contributed by atoms with Crippen molar-refractivity contribution in [3.8, 4) is 11.1 Å². The largest absolute Gasteiger partial charge is 0.417 e. The van der Waals surface area contributed by atoms with E-state index in [9.17, 15) is 35.1 Å². The zero-order valence-corrected chi connectivity index (χ0v) is 12.4. The molecule has 0 heterocycles. The van der Waals surface area contributed by atoms with Crippen molar-refractivity contribution in [2.75, 3.05) is 0 Å². The first kappa shape index (κ1) is 17.7. The molecule has 0 aliphatic rings. The maximum absolute atomic E-state index is 13.8. The molecule has 0 aromatic heterocycles. The fraction of sp³-hybridized carbons (Fsp3) is 0.143. The molecule has 124 valence electrons. The van der Waals surface area contributed by atoms with Gasteiger partial charge in [-0.3, -0.25) is 0 Å². The van der Waals surface area contributed by atoms with Gasteiger partial charge in [-0.1, -0.05) is 22.0 Å². The smallest absolute Gasteiger partial charge is 0.203 e. The van der Waals surface area contributed by atoms with Crippen LogP contribution in [0.2, 0.25) is 0 Å². The molecule has 0 nitrogen and oxygen atoms in total. The van der Waals surface area contributed by atoms with Crippen LogP contribution in [0, 0.1) is 29.1 Å². The van der Waals surface area contributed by atoms with E-state index >= 15 is 0 Å². The Balaban J connectivity index is 2.92. The molecule has 2 aromatic carbocycles. The predicted octanol–water partition coefficient (Wildman–Crippen LogP) is 5.96. The van der Waals surface area contributed by atoms with Gasteiger partial charge in [0.2, 0.25) is 5.82 Å². The first-order chi connectivity index (χ1) is 10.6. The van der Waals surface area contributed by atoms with Crippen molar-refractivity contribution in [3.05, 3.63) is 58.4 Å². The standard InChI is InChI=1S/C14H5BrF8/c15-4-5-1-2-7(14(21,22)23)6(3-5)8-9(16)11(18)13(20)12(19)10(8)17/h1-3H,4H2. The van der Waals surface area contributed by atoms with Crippen molar-refractivity contribution in [2.24, 2.45) is 0 Å². The Morgan fingerprint density at radius 1 is 0.783 bits per heavy atom. The molecule has 0 radical (unpaired) electrons. The lowest BCUT2D eigenvalue weighted by molar-refractivity contribution is -0.137. The van der Waals surface area contributed by atoms with Gasteiger partial charge in [0.15, 0.2) is 23.3 Å². The second-order valence-corrected chi connectivity index (χ2v) is 5.02. The number of halogens is 9. The quantitative estimate of drug-likeness (QED) is 0.250. The fourth-order valence-electron chi connectivity index (χ4n) is 1.97. The molecule has 0 saturated carbocycles. The summed E-state index contributed by atoms with van der Waals surface area (Å²) in [6, 6.07) is 2.26. The lowest BCUT2D eigenvalue weighted by Crippen LogP contribution is -2.11. The third-order valence-corrected chi connectivity index (χ3v) is 3.67. The molecule has 0 spiro atoms. The zero-order valence-electron chi connectivity index (χ0n) is 10.8. The molecule has 23 heavy (non-hydrogen) atoms. The van der Waals surface area contributed by atoms with Crippen LogP contribution in [0.1, 0.15) is 11.1 Å². The van der Waals surface area contributed by atoms with E-state index in [4.69, 9.17) is 0 Å². The van der Waals surface area contributed by atoms with Gasteiger partial charge in [-0.25, -0.2) is 22.0 Å². The first-order valence-corrected chi connectivity index (χ1v) is 6.99. The van der Waals surface area contributed by atoms with E-state index in [0.29, 0.717) is 6.07 Å². The molecular weight excluding hydrogens is 400 g/mol. The Kier molecular flexibility index (Phi) is 4.70. The highest BCUT2D eigenvalue weighted by molar-refractivity contribution is 9.08. The van der Waals surface area contributed by atoms with Crippen LogP contribution in [0.3, 0.4) is 0 Å². The number of hydrogen-bond donors (Lipinski definition) is 0. The minimum Gasteiger partial charge on any atom is -0.203 e. The molecular formula is C14H5BrF8. The maximum Gasteiger partial charge on any atom is 0.417 e. The van der Waals surface area contributed by atoms with E-state index in [1.54, 1.807) is 0 Å². The summed E-state index contributed by atoms with van der Waals surface area (Å²) in [4.78, 5) is 0. The molecule has 2 rings (SSSR count). The lowest BCUT2D eigenvalue weighted by Gasteiger charge is -2.16. The van der Waals surface area contributed by atoms with Crippen LogP contribution in [-0.4, -0.2) is 0 Å². The zero-order chi connectivity index (χ0) is 17.5. The maximum atomic E-state index is 13.8. The van der Waals surface area contributed by atoms with Gasteiger partial charge >= 0.3 is 6.18 Å². The molecule has 0 atom stereocenters. The number of benzene rings is 2. The topological polar surface area (TPSA) is 0 Å². The van der Waals surface area contributed by atoms with Crippen molar-refractivity contribution >= 4 is 15.9 Å². The lowest BCUT2D eigenvalue weighted by atomic mass is 9.95. The van der Waals surface area contributed by atoms with Crippen LogP contribution in [0.4, 0.5) is 35.1 Å². The first-order valence-electron chi connectivity index (χ1n) is 5.87. The molecule has 0 saturated heterocycles. The highest BCUT2D eigenvalue weighted by Gasteiger charge is 2.37. The highest BCUT2D eigenvalue weighted by Crippen LogP contribution is 2.41. The Morgan fingerprint density at radius 2 is 1.26 bits per heavy atom. The summed E-state index contributed by atoms with van der Waals surface area (Å²) < 4.78 is 106. The van der Waals surface area contributed by atoms with Crippen LogP contribution >= 0.6 is 15.9 Å². The van der Waals surface area contributed by atoms with E-state index in [-0.39, 0.29) is 10.9 Å². The number of hydrogen-bond acceptors (Lipinski definition) is 0. The predicted molar refractivity (Wildman–Crippen MR) is 69.3 cm³/mol. The van der Waals surface area contributed by atoms with Gasteiger partial charge in [-0.2, -0.15) is 13.2 Å². The van der Waals surface area contributed by atoms with E-state index in [1.807, 2.05) is 0 Å². The highest BCUT2D eigenvalue weighted by atomic mass is 79.9. The molecule has 2 aromatic rings. The van der Waals surface area contributed by atoms with Crippen molar-refractivity contribution in [3.63, 3.8) is 0 Å². The van der Waals surface area contributed by atoms with Gasteiger partial charge in [0.05, 0.1) is 11.1 Å². The van der Waals surface area contributed by atoms with Gasteiger partial charge in [-0.15, -0.1) is 0 Å². The van der Waals surface area contributed by atoms with Gasteiger partial charge in [0.1, 0.15) is 0 Å².